The van der Waals surface area contributed by atoms with Gasteiger partial charge in [0.15, 0.2) is 12.6 Å². The number of hydrogen-bond acceptors (Lipinski definition) is 6. The molecule has 1 saturated carbocycles. The highest BCUT2D eigenvalue weighted by atomic mass is 16.7. The van der Waals surface area contributed by atoms with Gasteiger partial charge in [0.2, 0.25) is 0 Å². The largest absolute Gasteiger partial charge is 0.481 e. The number of carbonyl (C=O) groups is 1. The number of carboxylic acid groups (broad SMARTS) is 1. The first-order valence-corrected chi connectivity index (χ1v) is 12.7. The van der Waals surface area contributed by atoms with E-state index in [1.807, 2.05) is 0 Å². The Morgan fingerprint density at radius 1 is 1.09 bits per heavy atom. The molecule has 3 rings (SSSR count). The van der Waals surface area contributed by atoms with Gasteiger partial charge in [-0.2, -0.15) is 0 Å². The van der Waals surface area contributed by atoms with Gasteiger partial charge in [0.1, 0.15) is 0 Å². The SMILES string of the molecule is CCCC=CC(CC[C@@H]1[C@@H](CC(=O)O)[C@@H](O)C[C@H]1OC1CCCCO1)OC1CCCCO1. The summed E-state index contributed by atoms with van der Waals surface area (Å²) in [5, 5.41) is 20.1. The number of allylic oxidation sites excluding steroid dienone is 1. The van der Waals surface area contributed by atoms with Gasteiger partial charge in [0.25, 0.3) is 0 Å². The lowest BCUT2D eigenvalue weighted by molar-refractivity contribution is -0.198. The summed E-state index contributed by atoms with van der Waals surface area (Å²) in [5.74, 6) is -1.23. The molecule has 32 heavy (non-hydrogen) atoms. The van der Waals surface area contributed by atoms with E-state index in [9.17, 15) is 15.0 Å². The summed E-state index contributed by atoms with van der Waals surface area (Å²) in [6, 6.07) is 0. The maximum absolute atomic E-state index is 11.5. The van der Waals surface area contributed by atoms with Gasteiger partial charge in [-0.15, -0.1) is 0 Å². The number of ether oxygens (including phenoxy) is 4. The average Bonchev–Trinajstić information content (AvgIpc) is 3.06. The zero-order chi connectivity index (χ0) is 22.8. The van der Waals surface area contributed by atoms with Gasteiger partial charge < -0.3 is 29.2 Å². The molecule has 184 valence electrons. The number of aliphatic carboxylic acids is 1. The molecular formula is C25H42O7. The second-order valence-corrected chi connectivity index (χ2v) is 9.46. The van der Waals surface area contributed by atoms with E-state index < -0.39 is 12.1 Å². The first kappa shape index (κ1) is 25.6. The summed E-state index contributed by atoms with van der Waals surface area (Å²) in [4.78, 5) is 11.5. The van der Waals surface area contributed by atoms with Crippen LogP contribution in [-0.4, -0.2) is 60.3 Å². The van der Waals surface area contributed by atoms with E-state index in [0.717, 1.165) is 70.8 Å². The lowest BCUT2D eigenvalue weighted by Gasteiger charge is -2.31. The van der Waals surface area contributed by atoms with Crippen LogP contribution in [0, 0.1) is 11.8 Å². The number of carboxylic acids is 1. The fourth-order valence-corrected chi connectivity index (χ4v) is 5.20. The van der Waals surface area contributed by atoms with E-state index in [-0.39, 0.29) is 43.0 Å². The van der Waals surface area contributed by atoms with E-state index in [0.29, 0.717) is 13.0 Å². The van der Waals surface area contributed by atoms with Crippen molar-refractivity contribution in [3.63, 3.8) is 0 Å². The molecule has 0 radical (unpaired) electrons. The molecule has 7 nitrogen and oxygen atoms in total. The zero-order valence-electron chi connectivity index (χ0n) is 19.5. The van der Waals surface area contributed by atoms with E-state index in [2.05, 4.69) is 19.1 Å². The van der Waals surface area contributed by atoms with Crippen LogP contribution < -0.4 is 0 Å². The fourth-order valence-electron chi connectivity index (χ4n) is 5.20. The summed E-state index contributed by atoms with van der Waals surface area (Å²) >= 11 is 0. The molecule has 3 unspecified atom stereocenters. The van der Waals surface area contributed by atoms with Crippen LogP contribution in [0.3, 0.4) is 0 Å². The summed E-state index contributed by atoms with van der Waals surface area (Å²) in [7, 11) is 0. The number of hydrogen-bond donors (Lipinski definition) is 2. The van der Waals surface area contributed by atoms with Crippen molar-refractivity contribution >= 4 is 5.97 Å². The van der Waals surface area contributed by atoms with Gasteiger partial charge in [-0.1, -0.05) is 25.5 Å². The molecule has 3 fully saturated rings. The fraction of sp³-hybridized carbons (Fsp3) is 0.880. The molecule has 3 aliphatic rings. The highest BCUT2D eigenvalue weighted by Crippen LogP contribution is 2.41. The Bertz CT molecular complexity index is 569. The molecule has 2 N–H and O–H groups in total. The Morgan fingerprint density at radius 2 is 1.81 bits per heavy atom. The average molecular weight is 455 g/mol. The Morgan fingerprint density at radius 3 is 2.44 bits per heavy atom. The number of aliphatic hydroxyl groups is 1. The molecular weight excluding hydrogens is 412 g/mol. The van der Waals surface area contributed by atoms with Crippen molar-refractivity contribution in [2.45, 2.75) is 115 Å². The number of rotatable bonds is 12. The molecule has 0 bridgehead atoms. The summed E-state index contributed by atoms with van der Waals surface area (Å²) < 4.78 is 24.1. The normalized spacial score (nSPS) is 34.7. The van der Waals surface area contributed by atoms with Crippen molar-refractivity contribution in [2.24, 2.45) is 11.8 Å². The maximum atomic E-state index is 11.5. The molecule has 0 spiro atoms. The lowest BCUT2D eigenvalue weighted by Crippen LogP contribution is -2.33. The van der Waals surface area contributed by atoms with E-state index >= 15 is 0 Å². The predicted octanol–water partition coefficient (Wildman–Crippen LogP) is 4.42. The van der Waals surface area contributed by atoms with Gasteiger partial charge in [-0.05, 0) is 63.7 Å². The standard InChI is InChI=1S/C25H42O7/c1-2-3-4-9-18(31-24-10-5-7-14-29-24)12-13-19-20(16-23(27)28)21(26)17-22(19)32-25-11-6-8-15-30-25/h4,9,18-22,24-26H,2-3,5-8,10-17H2,1H3,(H,27,28)/t18?,19-,20-,21+,22-,24?,25?/m1/s1. The third-order valence-corrected chi connectivity index (χ3v) is 6.93. The van der Waals surface area contributed by atoms with Gasteiger partial charge in [-0.25, -0.2) is 0 Å². The second kappa shape index (κ2) is 13.7. The maximum Gasteiger partial charge on any atom is 0.303 e. The van der Waals surface area contributed by atoms with Gasteiger partial charge in [0, 0.05) is 25.6 Å². The molecule has 0 amide bonds. The predicted molar refractivity (Wildman–Crippen MR) is 120 cm³/mol. The first-order valence-electron chi connectivity index (χ1n) is 12.7. The van der Waals surface area contributed by atoms with Gasteiger partial charge in [-0.3, -0.25) is 4.79 Å². The topological polar surface area (TPSA) is 94.5 Å². The van der Waals surface area contributed by atoms with E-state index in [1.54, 1.807) is 0 Å². The second-order valence-electron chi connectivity index (χ2n) is 9.46. The number of aliphatic hydroxyl groups excluding tert-OH is 1. The van der Waals surface area contributed by atoms with Crippen LogP contribution >= 0.6 is 0 Å². The molecule has 1 aliphatic carbocycles. The van der Waals surface area contributed by atoms with Gasteiger partial charge in [0.05, 0.1) is 24.7 Å². The van der Waals surface area contributed by atoms with Crippen LogP contribution in [0.15, 0.2) is 12.2 Å². The van der Waals surface area contributed by atoms with Gasteiger partial charge >= 0.3 is 5.97 Å². The molecule has 0 aromatic heterocycles. The van der Waals surface area contributed by atoms with Crippen LogP contribution in [0.5, 0.6) is 0 Å². The zero-order valence-corrected chi connectivity index (χ0v) is 19.5. The Balaban J connectivity index is 1.64. The summed E-state index contributed by atoms with van der Waals surface area (Å²) in [6.07, 6.45) is 13.0. The quantitative estimate of drug-likeness (QED) is 0.422. The molecule has 0 aromatic carbocycles. The van der Waals surface area contributed by atoms with E-state index in [1.165, 1.54) is 0 Å². The minimum atomic E-state index is -0.875. The van der Waals surface area contributed by atoms with Crippen molar-refractivity contribution < 1.29 is 34.0 Å². The van der Waals surface area contributed by atoms with Crippen LogP contribution in [0.25, 0.3) is 0 Å². The highest BCUT2D eigenvalue weighted by Gasteiger charge is 2.45. The minimum Gasteiger partial charge on any atom is -0.481 e. The lowest BCUT2D eigenvalue weighted by atomic mass is 9.86. The monoisotopic (exact) mass is 454 g/mol. The third kappa shape index (κ3) is 8.10. The summed E-state index contributed by atoms with van der Waals surface area (Å²) in [5.41, 5.74) is 0. The highest BCUT2D eigenvalue weighted by molar-refractivity contribution is 5.67. The molecule has 0 aromatic rings. The molecule has 7 atom stereocenters. The minimum absolute atomic E-state index is 0.0374. The van der Waals surface area contributed by atoms with Crippen molar-refractivity contribution in [3.05, 3.63) is 12.2 Å². The van der Waals surface area contributed by atoms with Crippen molar-refractivity contribution in [2.75, 3.05) is 13.2 Å². The summed E-state index contributed by atoms with van der Waals surface area (Å²) in [6.45, 7) is 3.59. The van der Waals surface area contributed by atoms with Crippen molar-refractivity contribution in [3.8, 4) is 0 Å². The molecule has 2 aliphatic heterocycles. The van der Waals surface area contributed by atoms with Crippen molar-refractivity contribution in [1.82, 2.24) is 0 Å². The molecule has 2 heterocycles. The van der Waals surface area contributed by atoms with Crippen molar-refractivity contribution in [1.29, 1.82) is 0 Å². The number of unbranched alkanes of at least 4 members (excludes halogenated alkanes) is 1. The smallest absolute Gasteiger partial charge is 0.303 e. The Hall–Kier alpha value is -0.990. The molecule has 7 heteroatoms. The first-order chi connectivity index (χ1) is 15.6. The van der Waals surface area contributed by atoms with Crippen LogP contribution in [0.2, 0.25) is 0 Å². The van der Waals surface area contributed by atoms with Crippen LogP contribution in [-0.2, 0) is 23.7 Å². The van der Waals surface area contributed by atoms with Crippen LogP contribution in [0.1, 0.15) is 84.0 Å². The Labute approximate surface area is 192 Å². The van der Waals surface area contributed by atoms with Crippen LogP contribution in [0.4, 0.5) is 0 Å². The third-order valence-electron chi connectivity index (χ3n) is 6.93. The Kier molecular flexibility index (Phi) is 10.9. The van der Waals surface area contributed by atoms with E-state index in [4.69, 9.17) is 18.9 Å². The molecule has 2 saturated heterocycles.